The maximum Gasteiger partial charge on any atom is 0.416 e. The molecule has 0 bridgehead atoms. The van der Waals surface area contributed by atoms with Crippen LogP contribution in [-0.2, 0) is 21.0 Å². The third-order valence-electron chi connectivity index (χ3n) is 3.00. The van der Waals surface area contributed by atoms with Crippen LogP contribution < -0.4 is 0 Å². The summed E-state index contributed by atoms with van der Waals surface area (Å²) in [4.78, 5) is 22.4. The zero-order valence-corrected chi connectivity index (χ0v) is 13.0. The molecule has 2 aromatic rings. The van der Waals surface area contributed by atoms with Gasteiger partial charge in [-0.15, -0.1) is 0 Å². The average Bonchev–Trinajstić information content (AvgIpc) is 2.53. The topological polar surface area (TPSA) is 97.7 Å². The second-order valence-corrected chi connectivity index (χ2v) is 6.12. The number of benzene rings is 2. The predicted molar refractivity (Wildman–Crippen MR) is 77.4 cm³/mol. The van der Waals surface area contributed by atoms with Gasteiger partial charge in [-0.2, -0.15) is 21.6 Å². The third-order valence-corrected chi connectivity index (χ3v) is 3.90. The Morgan fingerprint density at radius 2 is 1.56 bits per heavy atom. The molecule has 0 saturated carbocycles. The summed E-state index contributed by atoms with van der Waals surface area (Å²) in [5.41, 5.74) is -2.33. The normalized spacial score (nSPS) is 11.8. The van der Waals surface area contributed by atoms with Crippen molar-refractivity contribution in [3.63, 3.8) is 0 Å². The maximum atomic E-state index is 12.7. The van der Waals surface area contributed by atoms with Crippen molar-refractivity contribution in [3.8, 4) is 0 Å². The summed E-state index contributed by atoms with van der Waals surface area (Å²) in [5.74, 6) is -2.65. The quantitative estimate of drug-likeness (QED) is 0.504. The number of carbonyl (C=O) groups is 2. The molecule has 0 atom stereocenters. The lowest BCUT2D eigenvalue weighted by Crippen LogP contribution is -2.17. The highest BCUT2D eigenvalue weighted by Crippen LogP contribution is 2.32. The first-order valence-electron chi connectivity index (χ1n) is 6.50. The minimum absolute atomic E-state index is 0.0313. The van der Waals surface area contributed by atoms with E-state index in [1.165, 1.54) is 24.3 Å². The summed E-state index contributed by atoms with van der Waals surface area (Å²) < 4.78 is 74.1. The van der Waals surface area contributed by atoms with Gasteiger partial charge in [0, 0.05) is 0 Å². The van der Waals surface area contributed by atoms with Gasteiger partial charge >= 0.3 is 18.1 Å². The number of halogens is 3. The highest BCUT2D eigenvalue weighted by atomic mass is 32.2. The fraction of sp³-hybridized carbons (Fsp3) is 0.0667. The van der Waals surface area contributed by atoms with E-state index in [0.717, 1.165) is 0 Å². The number of carbonyl (C=O) groups excluding carboxylic acids is 2. The van der Waals surface area contributed by atoms with E-state index in [1.54, 1.807) is 6.07 Å². The zero-order valence-electron chi connectivity index (χ0n) is 12.1. The van der Waals surface area contributed by atoms with Crippen LogP contribution in [0.15, 0.2) is 53.4 Å². The smallest absolute Gasteiger partial charge is 0.386 e. The van der Waals surface area contributed by atoms with Crippen LogP contribution in [0.4, 0.5) is 13.2 Å². The summed E-state index contributed by atoms with van der Waals surface area (Å²) in [7, 11) is -5.17. The minimum atomic E-state index is -5.17. The standard InChI is InChI=1S/C15H9F3O6S/c16-15(17,18)10-6-7-11(12(8-10)25(21,22)23)14(20)24-13(19)9-4-2-1-3-5-9/h1-8H,(H,21,22,23). The van der Waals surface area contributed by atoms with Gasteiger partial charge < -0.3 is 4.74 Å². The van der Waals surface area contributed by atoms with Gasteiger partial charge in [0.1, 0.15) is 4.90 Å². The van der Waals surface area contributed by atoms with Gasteiger partial charge in [0.2, 0.25) is 0 Å². The molecule has 0 aromatic heterocycles. The lowest BCUT2D eigenvalue weighted by Gasteiger charge is -2.11. The molecular formula is C15H9F3O6S. The van der Waals surface area contributed by atoms with Crippen molar-refractivity contribution >= 4 is 22.1 Å². The molecule has 0 aliphatic rings. The van der Waals surface area contributed by atoms with Crippen LogP contribution in [-0.4, -0.2) is 24.9 Å². The molecule has 10 heteroatoms. The van der Waals surface area contributed by atoms with E-state index in [4.69, 9.17) is 4.55 Å². The van der Waals surface area contributed by atoms with Crippen LogP contribution in [0.2, 0.25) is 0 Å². The number of hydrogen-bond acceptors (Lipinski definition) is 5. The Morgan fingerprint density at radius 1 is 0.960 bits per heavy atom. The number of esters is 2. The van der Waals surface area contributed by atoms with Gasteiger partial charge in [0.05, 0.1) is 16.7 Å². The molecule has 0 radical (unpaired) electrons. The SMILES string of the molecule is O=C(OC(=O)c1ccc(C(F)(F)F)cc1S(=O)(=O)O)c1ccccc1. The van der Waals surface area contributed by atoms with E-state index in [0.29, 0.717) is 12.1 Å². The molecule has 132 valence electrons. The first-order valence-corrected chi connectivity index (χ1v) is 7.94. The molecule has 0 amide bonds. The van der Waals surface area contributed by atoms with Crippen molar-refractivity contribution in [2.45, 2.75) is 11.1 Å². The van der Waals surface area contributed by atoms with Gasteiger partial charge in [0.25, 0.3) is 10.1 Å². The highest BCUT2D eigenvalue weighted by Gasteiger charge is 2.34. The Balaban J connectivity index is 2.41. The van der Waals surface area contributed by atoms with Crippen LogP contribution in [0.3, 0.4) is 0 Å². The van der Waals surface area contributed by atoms with E-state index in [1.807, 2.05) is 0 Å². The maximum absolute atomic E-state index is 12.7. The Hall–Kier alpha value is -2.72. The highest BCUT2D eigenvalue weighted by molar-refractivity contribution is 7.86. The monoisotopic (exact) mass is 374 g/mol. The van der Waals surface area contributed by atoms with E-state index in [-0.39, 0.29) is 11.6 Å². The second-order valence-electron chi connectivity index (χ2n) is 4.73. The molecule has 2 rings (SSSR count). The van der Waals surface area contributed by atoms with Crippen LogP contribution >= 0.6 is 0 Å². The van der Waals surface area contributed by atoms with E-state index < -0.39 is 44.3 Å². The molecule has 2 aromatic carbocycles. The number of rotatable bonds is 3. The summed E-state index contributed by atoms with van der Waals surface area (Å²) >= 11 is 0. The Kier molecular flexibility index (Phi) is 4.95. The van der Waals surface area contributed by atoms with Crippen molar-refractivity contribution in [2.24, 2.45) is 0 Å². The van der Waals surface area contributed by atoms with Crippen LogP contribution in [0, 0.1) is 0 Å². The van der Waals surface area contributed by atoms with E-state index in [9.17, 15) is 31.2 Å². The van der Waals surface area contributed by atoms with Gasteiger partial charge in [-0.3, -0.25) is 4.55 Å². The molecule has 0 aliphatic heterocycles. The van der Waals surface area contributed by atoms with Crippen molar-refractivity contribution in [2.75, 3.05) is 0 Å². The summed E-state index contributed by atoms with van der Waals surface area (Å²) in [6, 6.07) is 8.18. The minimum Gasteiger partial charge on any atom is -0.386 e. The average molecular weight is 374 g/mol. The molecule has 6 nitrogen and oxygen atoms in total. The lowest BCUT2D eigenvalue weighted by molar-refractivity contribution is -0.137. The third kappa shape index (κ3) is 4.43. The molecule has 0 aliphatic carbocycles. The number of hydrogen-bond donors (Lipinski definition) is 1. The van der Waals surface area contributed by atoms with Gasteiger partial charge in [-0.25, -0.2) is 9.59 Å². The Morgan fingerprint density at radius 3 is 2.08 bits per heavy atom. The first kappa shape index (κ1) is 18.6. The van der Waals surface area contributed by atoms with E-state index in [2.05, 4.69) is 4.74 Å². The van der Waals surface area contributed by atoms with Crippen molar-refractivity contribution in [3.05, 3.63) is 65.2 Å². The van der Waals surface area contributed by atoms with Crippen molar-refractivity contribution < 1.29 is 40.5 Å². The summed E-state index contributed by atoms with van der Waals surface area (Å²) in [6.45, 7) is 0. The predicted octanol–water partition coefficient (Wildman–Crippen LogP) is 2.95. The lowest BCUT2D eigenvalue weighted by atomic mass is 10.1. The first-order chi connectivity index (χ1) is 11.5. The van der Waals surface area contributed by atoms with E-state index >= 15 is 0 Å². The van der Waals surface area contributed by atoms with Crippen LogP contribution in [0.1, 0.15) is 26.3 Å². The van der Waals surface area contributed by atoms with Gasteiger partial charge in [-0.05, 0) is 30.3 Å². The van der Waals surface area contributed by atoms with Crippen molar-refractivity contribution in [1.82, 2.24) is 0 Å². The van der Waals surface area contributed by atoms with Crippen LogP contribution in [0.25, 0.3) is 0 Å². The molecule has 0 heterocycles. The molecular weight excluding hydrogens is 365 g/mol. The largest absolute Gasteiger partial charge is 0.416 e. The summed E-state index contributed by atoms with van der Waals surface area (Å²) in [6.07, 6.45) is -4.90. The van der Waals surface area contributed by atoms with Crippen molar-refractivity contribution in [1.29, 1.82) is 0 Å². The van der Waals surface area contributed by atoms with Gasteiger partial charge in [0.15, 0.2) is 0 Å². The molecule has 0 unspecified atom stereocenters. The van der Waals surface area contributed by atoms with Gasteiger partial charge in [-0.1, -0.05) is 18.2 Å². The molecule has 0 spiro atoms. The molecule has 1 N–H and O–H groups in total. The Bertz CT molecular complexity index is 920. The molecule has 0 saturated heterocycles. The molecule has 0 fully saturated rings. The number of ether oxygens (including phenoxy) is 1. The Labute approximate surface area is 139 Å². The fourth-order valence-electron chi connectivity index (χ4n) is 1.85. The van der Waals surface area contributed by atoms with Crippen LogP contribution in [0.5, 0.6) is 0 Å². The fourth-order valence-corrected chi connectivity index (χ4v) is 2.56. The zero-order chi connectivity index (χ0) is 18.8. The number of alkyl halides is 3. The second kappa shape index (κ2) is 6.65. The molecule has 25 heavy (non-hydrogen) atoms. The summed E-state index contributed by atoms with van der Waals surface area (Å²) in [5, 5.41) is 0.